The Morgan fingerprint density at radius 3 is 2.29 bits per heavy atom. The maximum absolute atomic E-state index is 6.63. The van der Waals surface area contributed by atoms with E-state index in [0.29, 0.717) is 21.7 Å². The van der Waals surface area contributed by atoms with Crippen LogP contribution in [0.2, 0.25) is 15.2 Å². The Morgan fingerprint density at radius 2 is 1.67 bits per heavy atom. The van der Waals surface area contributed by atoms with Crippen LogP contribution < -0.4 is 9.80 Å². The monoisotopic (exact) mass is 388 g/mol. The number of aryl methyl sites for hydroxylation is 1. The molecule has 0 aliphatic carbocycles. The van der Waals surface area contributed by atoms with Gasteiger partial charge in [-0.05, 0) is 19.1 Å². The highest BCUT2D eigenvalue weighted by Crippen LogP contribution is 2.27. The van der Waals surface area contributed by atoms with E-state index in [1.54, 1.807) is 14.5 Å². The molecular formula is C17H23Cl3N4+2. The number of benzene rings is 1. The molecule has 1 fully saturated rings. The number of likely N-dealkylation sites (N-methyl/N-ethyl adjacent to an activating group) is 1. The summed E-state index contributed by atoms with van der Waals surface area (Å²) in [6.07, 6.45) is 0. The smallest absolute Gasteiger partial charge is 0.136 e. The predicted molar refractivity (Wildman–Crippen MR) is 98.6 cm³/mol. The van der Waals surface area contributed by atoms with Gasteiger partial charge in [0, 0.05) is 15.6 Å². The summed E-state index contributed by atoms with van der Waals surface area (Å²) in [5.74, 6) is 0. The van der Waals surface area contributed by atoms with Crippen LogP contribution in [0.4, 0.5) is 0 Å². The minimum absolute atomic E-state index is 0.487. The summed E-state index contributed by atoms with van der Waals surface area (Å²) in [4.78, 5) is 3.17. The molecule has 0 amide bonds. The van der Waals surface area contributed by atoms with Crippen molar-refractivity contribution >= 4 is 34.8 Å². The molecule has 0 radical (unpaired) electrons. The molecule has 1 aromatic heterocycles. The number of quaternary nitrogens is 2. The van der Waals surface area contributed by atoms with E-state index in [2.05, 4.69) is 12.1 Å². The molecule has 0 bridgehead atoms. The summed E-state index contributed by atoms with van der Waals surface area (Å²) in [5.41, 5.74) is 2.98. The number of halogens is 3. The van der Waals surface area contributed by atoms with Gasteiger partial charge in [-0.25, -0.2) is 4.68 Å². The summed E-state index contributed by atoms with van der Waals surface area (Å²) < 4.78 is 1.81. The zero-order chi connectivity index (χ0) is 17.3. The van der Waals surface area contributed by atoms with Gasteiger partial charge in [-0.1, -0.05) is 40.9 Å². The maximum atomic E-state index is 6.63. The summed E-state index contributed by atoms with van der Waals surface area (Å²) >= 11 is 19.2. The number of nitrogens with one attached hydrogen (secondary N) is 2. The van der Waals surface area contributed by atoms with Crippen molar-refractivity contribution in [1.82, 2.24) is 9.78 Å². The van der Waals surface area contributed by atoms with Crippen LogP contribution in [0.1, 0.15) is 16.8 Å². The predicted octanol–water partition coefficient (Wildman–Crippen LogP) is 1.11. The van der Waals surface area contributed by atoms with Crippen LogP contribution in [0, 0.1) is 6.92 Å². The molecule has 7 heteroatoms. The van der Waals surface area contributed by atoms with Gasteiger partial charge in [0.1, 0.15) is 37.9 Å². The summed E-state index contributed by atoms with van der Waals surface area (Å²) in [7, 11) is 2.25. The van der Waals surface area contributed by atoms with Crippen LogP contribution in [-0.4, -0.2) is 43.0 Å². The topological polar surface area (TPSA) is 26.7 Å². The fraction of sp³-hybridized carbons (Fsp3) is 0.471. The molecule has 3 rings (SSSR count). The second-order valence-electron chi connectivity index (χ2n) is 6.60. The van der Waals surface area contributed by atoms with Crippen molar-refractivity contribution in [3.05, 3.63) is 50.2 Å². The molecule has 2 N–H and O–H groups in total. The van der Waals surface area contributed by atoms with E-state index in [1.807, 2.05) is 25.1 Å². The van der Waals surface area contributed by atoms with E-state index in [4.69, 9.17) is 34.8 Å². The minimum Gasteiger partial charge on any atom is -0.328 e. The molecule has 1 saturated heterocycles. The molecule has 2 aromatic rings. The van der Waals surface area contributed by atoms with Crippen molar-refractivity contribution in [1.29, 1.82) is 0 Å². The van der Waals surface area contributed by atoms with Gasteiger partial charge in [0.05, 0.1) is 24.8 Å². The van der Waals surface area contributed by atoms with Crippen LogP contribution in [0.5, 0.6) is 0 Å². The Labute approximate surface area is 157 Å². The van der Waals surface area contributed by atoms with E-state index in [1.165, 1.54) is 26.2 Å². The number of aromatic nitrogens is 2. The lowest BCUT2D eigenvalue weighted by Crippen LogP contribution is -3.26. The maximum Gasteiger partial charge on any atom is 0.136 e. The molecule has 0 saturated carbocycles. The summed E-state index contributed by atoms with van der Waals surface area (Å²) in [6.45, 7) is 8.18. The number of nitrogens with zero attached hydrogens (tertiary/aromatic N) is 2. The molecular weight excluding hydrogens is 367 g/mol. The lowest BCUT2D eigenvalue weighted by atomic mass is 10.2. The van der Waals surface area contributed by atoms with Gasteiger partial charge in [-0.2, -0.15) is 5.10 Å². The zero-order valence-corrected chi connectivity index (χ0v) is 16.3. The molecule has 4 nitrogen and oxygen atoms in total. The molecule has 0 spiro atoms. The normalized spacial score (nSPS) is 21.2. The lowest BCUT2D eigenvalue weighted by Gasteiger charge is -2.27. The first kappa shape index (κ1) is 18.0. The van der Waals surface area contributed by atoms with Gasteiger partial charge in [0.2, 0.25) is 0 Å². The Balaban J connectivity index is 1.79. The van der Waals surface area contributed by atoms with Crippen molar-refractivity contribution in [2.45, 2.75) is 20.0 Å². The third-order valence-corrected chi connectivity index (χ3v) is 5.92. The fourth-order valence-electron chi connectivity index (χ4n) is 3.19. The van der Waals surface area contributed by atoms with E-state index in [-0.39, 0.29) is 0 Å². The summed E-state index contributed by atoms with van der Waals surface area (Å²) in [5, 5.41) is 6.59. The van der Waals surface area contributed by atoms with E-state index >= 15 is 0 Å². The average Bonchev–Trinajstić information content (AvgIpc) is 2.80. The first-order valence-corrected chi connectivity index (χ1v) is 9.38. The van der Waals surface area contributed by atoms with Crippen molar-refractivity contribution < 1.29 is 9.80 Å². The van der Waals surface area contributed by atoms with Crippen LogP contribution in [0.15, 0.2) is 18.2 Å². The van der Waals surface area contributed by atoms with E-state index < -0.39 is 0 Å². The first-order chi connectivity index (χ1) is 11.5. The lowest BCUT2D eigenvalue weighted by molar-refractivity contribution is -1.01. The molecule has 0 atom stereocenters. The van der Waals surface area contributed by atoms with E-state index in [0.717, 1.165) is 23.4 Å². The number of rotatable bonds is 4. The van der Waals surface area contributed by atoms with Crippen LogP contribution in [0.3, 0.4) is 0 Å². The second-order valence-corrected chi connectivity index (χ2v) is 7.77. The van der Waals surface area contributed by atoms with Crippen LogP contribution in [-0.2, 0) is 13.1 Å². The fourth-order valence-corrected chi connectivity index (χ4v) is 4.00. The molecule has 1 aromatic carbocycles. The third-order valence-electron chi connectivity index (χ3n) is 4.79. The standard InChI is InChI=1S/C17H21Cl3N4/c1-12-13(10-23-8-6-22(2)7-9-23)17(20)24(21-12)11-14-15(18)4-3-5-16(14)19/h3-5H,6-11H2,1-2H3/p+2. The van der Waals surface area contributed by atoms with Crippen LogP contribution in [0.25, 0.3) is 0 Å². The number of piperazine rings is 1. The zero-order valence-electron chi connectivity index (χ0n) is 14.0. The van der Waals surface area contributed by atoms with Crippen LogP contribution >= 0.6 is 34.8 Å². The first-order valence-electron chi connectivity index (χ1n) is 8.25. The molecule has 2 heterocycles. The van der Waals surface area contributed by atoms with Gasteiger partial charge in [0.15, 0.2) is 0 Å². The highest BCUT2D eigenvalue weighted by Gasteiger charge is 2.24. The Morgan fingerprint density at radius 1 is 1.04 bits per heavy atom. The molecule has 0 unspecified atom stereocenters. The van der Waals surface area contributed by atoms with Crippen molar-refractivity contribution in [3.63, 3.8) is 0 Å². The van der Waals surface area contributed by atoms with Gasteiger partial charge in [-0.3, -0.25) is 0 Å². The van der Waals surface area contributed by atoms with Crippen molar-refractivity contribution in [3.8, 4) is 0 Å². The van der Waals surface area contributed by atoms with Crippen molar-refractivity contribution in [2.24, 2.45) is 0 Å². The second kappa shape index (κ2) is 7.63. The van der Waals surface area contributed by atoms with E-state index in [9.17, 15) is 0 Å². The highest BCUT2D eigenvalue weighted by atomic mass is 35.5. The van der Waals surface area contributed by atoms with Gasteiger partial charge >= 0.3 is 0 Å². The van der Waals surface area contributed by atoms with Gasteiger partial charge < -0.3 is 9.80 Å². The van der Waals surface area contributed by atoms with Gasteiger partial charge in [0.25, 0.3) is 0 Å². The minimum atomic E-state index is 0.487. The SMILES string of the molecule is Cc1nn(Cc2c(Cl)cccc2Cl)c(Cl)c1C[NH+]1CC[NH+](C)CC1. The average molecular weight is 390 g/mol. The molecule has 1 aliphatic rings. The van der Waals surface area contributed by atoms with Crippen molar-refractivity contribution in [2.75, 3.05) is 33.2 Å². The third kappa shape index (κ3) is 3.89. The quantitative estimate of drug-likeness (QED) is 0.805. The largest absolute Gasteiger partial charge is 0.328 e. The molecule has 24 heavy (non-hydrogen) atoms. The molecule has 1 aliphatic heterocycles. The Bertz CT molecular complexity index is 701. The summed E-state index contributed by atoms with van der Waals surface area (Å²) in [6, 6.07) is 5.52. The van der Waals surface area contributed by atoms with Gasteiger partial charge in [-0.15, -0.1) is 0 Å². The Kier molecular flexibility index (Phi) is 5.73. The number of hydrogen-bond acceptors (Lipinski definition) is 1. The molecule has 130 valence electrons. The number of hydrogen-bond donors (Lipinski definition) is 2. The highest BCUT2D eigenvalue weighted by molar-refractivity contribution is 6.36. The Hall–Kier alpha value is -0.780.